The first-order chi connectivity index (χ1) is 14.0. The van der Waals surface area contributed by atoms with Crippen LogP contribution in [0.5, 0.6) is 11.5 Å². The second-order valence-electron chi connectivity index (χ2n) is 7.51. The summed E-state index contributed by atoms with van der Waals surface area (Å²) in [4.78, 5) is 27.4. The Hall–Kier alpha value is -2.74. The zero-order valence-corrected chi connectivity index (χ0v) is 17.4. The monoisotopic (exact) mass is 403 g/mol. The number of ether oxygens (including phenoxy) is 3. The number of rotatable bonds is 6. The van der Waals surface area contributed by atoms with Crippen LogP contribution in [0, 0.1) is 5.92 Å². The van der Waals surface area contributed by atoms with E-state index >= 15 is 0 Å². The molecule has 0 spiro atoms. The maximum atomic E-state index is 12.7. The van der Waals surface area contributed by atoms with E-state index in [0.717, 1.165) is 19.5 Å². The Morgan fingerprint density at radius 1 is 1.21 bits per heavy atom. The van der Waals surface area contributed by atoms with Crippen molar-refractivity contribution < 1.29 is 23.8 Å². The highest BCUT2D eigenvalue weighted by atomic mass is 16.5. The number of likely N-dealkylation sites (tertiary alicyclic amines) is 1. The Morgan fingerprint density at radius 2 is 1.97 bits per heavy atom. The predicted octanol–water partition coefficient (Wildman–Crippen LogP) is 2.22. The van der Waals surface area contributed by atoms with E-state index in [2.05, 4.69) is 22.5 Å². The predicted molar refractivity (Wildman–Crippen MR) is 108 cm³/mol. The number of carbonyl (C=O) groups is 2. The Balaban J connectivity index is 2.00. The number of nitrogens with one attached hydrogen (secondary N) is 2. The van der Waals surface area contributed by atoms with Crippen molar-refractivity contribution in [2.45, 2.75) is 25.8 Å². The van der Waals surface area contributed by atoms with Crippen LogP contribution in [0.25, 0.3) is 0 Å². The Kier molecular flexibility index (Phi) is 6.64. The van der Waals surface area contributed by atoms with Crippen molar-refractivity contribution >= 4 is 12.0 Å². The van der Waals surface area contributed by atoms with Crippen LogP contribution in [-0.2, 0) is 9.53 Å². The van der Waals surface area contributed by atoms with E-state index in [9.17, 15) is 9.59 Å². The molecule has 0 aliphatic carbocycles. The normalized spacial score (nSPS) is 22.6. The molecule has 0 radical (unpaired) electrons. The second kappa shape index (κ2) is 9.17. The summed E-state index contributed by atoms with van der Waals surface area (Å²) in [6, 6.07) is 4.33. The fraction of sp³-hybridized carbons (Fsp3) is 0.524. The molecule has 0 aromatic heterocycles. The average molecular weight is 403 g/mol. The lowest BCUT2D eigenvalue weighted by Crippen LogP contribution is -2.49. The number of amides is 2. The van der Waals surface area contributed by atoms with Crippen LogP contribution in [0.15, 0.2) is 29.5 Å². The van der Waals surface area contributed by atoms with Gasteiger partial charge in [-0.05, 0) is 43.0 Å². The molecule has 2 aliphatic heterocycles. The second-order valence-corrected chi connectivity index (χ2v) is 7.51. The van der Waals surface area contributed by atoms with Crippen molar-refractivity contribution in [1.29, 1.82) is 0 Å². The number of methoxy groups -OCH3 is 3. The van der Waals surface area contributed by atoms with Crippen LogP contribution in [0.4, 0.5) is 4.79 Å². The molecule has 1 saturated heterocycles. The summed E-state index contributed by atoms with van der Waals surface area (Å²) < 4.78 is 15.7. The van der Waals surface area contributed by atoms with Crippen LogP contribution >= 0.6 is 0 Å². The molecule has 29 heavy (non-hydrogen) atoms. The van der Waals surface area contributed by atoms with E-state index in [1.54, 1.807) is 32.4 Å². The lowest BCUT2D eigenvalue weighted by molar-refractivity contribution is -0.136. The van der Waals surface area contributed by atoms with Gasteiger partial charge in [0.25, 0.3) is 0 Å². The highest BCUT2D eigenvalue weighted by Gasteiger charge is 2.35. The maximum absolute atomic E-state index is 12.7. The smallest absolute Gasteiger partial charge is 0.338 e. The lowest BCUT2D eigenvalue weighted by atomic mass is 9.94. The van der Waals surface area contributed by atoms with E-state index in [1.165, 1.54) is 13.5 Å². The van der Waals surface area contributed by atoms with Gasteiger partial charge in [-0.1, -0.05) is 13.0 Å². The number of piperidine rings is 1. The van der Waals surface area contributed by atoms with Crippen LogP contribution in [-0.4, -0.2) is 57.9 Å². The molecular weight excluding hydrogens is 374 g/mol. The molecule has 8 heteroatoms. The summed E-state index contributed by atoms with van der Waals surface area (Å²) >= 11 is 0. The topological polar surface area (TPSA) is 89.1 Å². The molecule has 0 bridgehead atoms. The first-order valence-corrected chi connectivity index (χ1v) is 9.80. The molecule has 158 valence electrons. The first-order valence-electron chi connectivity index (χ1n) is 9.80. The summed E-state index contributed by atoms with van der Waals surface area (Å²) in [5, 5.41) is 5.66. The average Bonchev–Trinajstić information content (AvgIpc) is 2.72. The van der Waals surface area contributed by atoms with Gasteiger partial charge in [-0.25, -0.2) is 9.59 Å². The molecule has 2 aliphatic rings. The van der Waals surface area contributed by atoms with Gasteiger partial charge in [0, 0.05) is 18.8 Å². The highest BCUT2D eigenvalue weighted by molar-refractivity contribution is 5.95. The minimum Gasteiger partial charge on any atom is -0.493 e. The van der Waals surface area contributed by atoms with Gasteiger partial charge in [-0.3, -0.25) is 4.90 Å². The molecule has 1 fully saturated rings. The first kappa shape index (κ1) is 21.0. The van der Waals surface area contributed by atoms with Gasteiger partial charge in [-0.15, -0.1) is 0 Å². The third kappa shape index (κ3) is 4.64. The van der Waals surface area contributed by atoms with E-state index in [1.807, 2.05) is 0 Å². The van der Waals surface area contributed by atoms with E-state index < -0.39 is 12.0 Å². The van der Waals surface area contributed by atoms with E-state index in [-0.39, 0.29) is 6.03 Å². The highest BCUT2D eigenvalue weighted by Crippen LogP contribution is 2.34. The molecule has 2 unspecified atom stereocenters. The number of urea groups is 1. The molecule has 0 saturated carbocycles. The minimum absolute atomic E-state index is 0.350. The minimum atomic E-state index is -0.645. The van der Waals surface area contributed by atoms with Crippen LogP contribution < -0.4 is 20.1 Å². The summed E-state index contributed by atoms with van der Waals surface area (Å²) in [6.45, 7) is 4.58. The van der Waals surface area contributed by atoms with Crippen LogP contribution in [0.3, 0.4) is 0 Å². The van der Waals surface area contributed by atoms with Crippen LogP contribution in [0.2, 0.25) is 0 Å². The molecule has 3 rings (SSSR count). The molecule has 2 amide bonds. The Bertz CT molecular complexity index is 808. The third-order valence-corrected chi connectivity index (χ3v) is 5.42. The largest absolute Gasteiger partial charge is 0.493 e. The van der Waals surface area contributed by atoms with Gasteiger partial charge in [0.1, 0.15) is 0 Å². The van der Waals surface area contributed by atoms with E-state index in [0.29, 0.717) is 40.8 Å². The zero-order chi connectivity index (χ0) is 21.0. The fourth-order valence-corrected chi connectivity index (χ4v) is 4.03. The third-order valence-electron chi connectivity index (χ3n) is 5.42. The van der Waals surface area contributed by atoms with Gasteiger partial charge >= 0.3 is 12.0 Å². The quantitative estimate of drug-likeness (QED) is 0.708. The number of nitrogens with zero attached hydrogens (tertiary/aromatic N) is 1. The summed E-state index contributed by atoms with van der Waals surface area (Å²) in [7, 11) is 4.45. The number of carbonyl (C=O) groups excluding carboxylic acids is 2. The lowest BCUT2D eigenvalue weighted by Gasteiger charge is -2.35. The Morgan fingerprint density at radius 3 is 2.62 bits per heavy atom. The van der Waals surface area contributed by atoms with Gasteiger partial charge in [-0.2, -0.15) is 0 Å². The number of hydrogen-bond donors (Lipinski definition) is 2. The molecule has 1 aromatic rings. The molecule has 2 atom stereocenters. The Labute approximate surface area is 171 Å². The van der Waals surface area contributed by atoms with Crippen molar-refractivity contribution in [2.75, 3.05) is 41.0 Å². The number of hydrogen-bond acceptors (Lipinski definition) is 6. The van der Waals surface area contributed by atoms with Gasteiger partial charge < -0.3 is 24.8 Å². The van der Waals surface area contributed by atoms with Crippen LogP contribution in [0.1, 0.15) is 31.4 Å². The maximum Gasteiger partial charge on any atom is 0.338 e. The summed E-state index contributed by atoms with van der Waals surface area (Å²) in [6.07, 6.45) is 2.30. The molecule has 8 nitrogen and oxygen atoms in total. The molecule has 1 aromatic carbocycles. The van der Waals surface area contributed by atoms with Crippen molar-refractivity contribution in [3.05, 3.63) is 35.0 Å². The molecule has 2 heterocycles. The molecular formula is C21H29N3O5. The van der Waals surface area contributed by atoms with Gasteiger partial charge in [0.2, 0.25) is 0 Å². The standard InChI is InChI=1S/C21H29N3O5/c1-13-6-5-9-24(11-13)12-15-18(20(25)29-4)19(23-21(26)22-15)14-7-8-16(27-2)17(10-14)28-3/h7-8,10,13,19H,5-6,9,11-12H2,1-4H3,(H2,22,23,26). The zero-order valence-electron chi connectivity index (χ0n) is 17.4. The number of benzene rings is 1. The van der Waals surface area contributed by atoms with E-state index in [4.69, 9.17) is 14.2 Å². The van der Waals surface area contributed by atoms with Gasteiger partial charge in [0.05, 0.1) is 32.9 Å². The van der Waals surface area contributed by atoms with Crippen molar-refractivity contribution in [3.63, 3.8) is 0 Å². The van der Waals surface area contributed by atoms with Crippen molar-refractivity contribution in [1.82, 2.24) is 15.5 Å². The number of esters is 1. The molecule has 2 N–H and O–H groups in total. The van der Waals surface area contributed by atoms with Crippen molar-refractivity contribution in [2.24, 2.45) is 5.92 Å². The summed E-state index contributed by atoms with van der Waals surface area (Å²) in [5.41, 5.74) is 1.69. The summed E-state index contributed by atoms with van der Waals surface area (Å²) in [5.74, 6) is 1.21. The fourth-order valence-electron chi connectivity index (χ4n) is 4.03. The van der Waals surface area contributed by atoms with Gasteiger partial charge in [0.15, 0.2) is 11.5 Å². The van der Waals surface area contributed by atoms with Crippen molar-refractivity contribution in [3.8, 4) is 11.5 Å². The SMILES string of the molecule is COC(=O)C1=C(CN2CCCC(C)C2)NC(=O)NC1c1ccc(OC)c(OC)c1.